The van der Waals surface area contributed by atoms with Gasteiger partial charge < -0.3 is 5.32 Å². The van der Waals surface area contributed by atoms with E-state index in [0.717, 1.165) is 32.1 Å². The second-order valence-electron chi connectivity index (χ2n) is 6.55. The van der Waals surface area contributed by atoms with Crippen molar-refractivity contribution in [2.45, 2.75) is 38.1 Å². The monoisotopic (exact) mass is 363 g/mol. The number of benzene rings is 1. The summed E-state index contributed by atoms with van der Waals surface area (Å²) in [6.45, 7) is 0. The molecule has 2 aliphatic rings. The van der Waals surface area contributed by atoms with Crippen LogP contribution in [0, 0.1) is 11.3 Å². The minimum atomic E-state index is -0.281. The molecule has 1 aromatic carbocycles. The van der Waals surface area contributed by atoms with Crippen molar-refractivity contribution in [2.24, 2.45) is 0 Å². The molecule has 1 fully saturated rings. The number of amides is 2. The largest absolute Gasteiger partial charge is 0.360 e. The number of anilines is 1. The smallest absolute Gasteiger partial charge is 0.263 e. The summed E-state index contributed by atoms with van der Waals surface area (Å²) in [6.07, 6.45) is 6.31. The minimum Gasteiger partial charge on any atom is -0.360 e. The summed E-state index contributed by atoms with van der Waals surface area (Å²) in [5, 5.41) is 25.5. The van der Waals surface area contributed by atoms with Gasteiger partial charge >= 0.3 is 0 Å². The molecule has 0 bridgehead atoms. The maximum Gasteiger partial charge on any atom is 0.263 e. The molecule has 4 rings (SSSR count). The molecule has 2 amide bonds. The molecular weight excluding hydrogens is 346 g/mol. The summed E-state index contributed by atoms with van der Waals surface area (Å²) in [4.78, 5) is 27.2. The van der Waals surface area contributed by atoms with Gasteiger partial charge in [-0.1, -0.05) is 25.3 Å². The molecule has 136 valence electrons. The summed E-state index contributed by atoms with van der Waals surface area (Å²) in [7, 11) is 0. The van der Waals surface area contributed by atoms with Gasteiger partial charge in [0.25, 0.3) is 11.8 Å². The van der Waals surface area contributed by atoms with Gasteiger partial charge in [-0.2, -0.15) is 10.5 Å². The first-order valence-electron chi connectivity index (χ1n) is 8.82. The molecule has 0 unspecified atom stereocenters. The SMILES string of the molecule is N#CC(=CNc1cccc2c1C(=O)N(C1CCCCC1)C2=O)c1nn[nH]n1. The van der Waals surface area contributed by atoms with Gasteiger partial charge in [-0.15, -0.1) is 10.2 Å². The van der Waals surface area contributed by atoms with E-state index in [9.17, 15) is 14.9 Å². The average molecular weight is 363 g/mol. The second kappa shape index (κ2) is 6.99. The van der Waals surface area contributed by atoms with Gasteiger partial charge in [-0.05, 0) is 30.2 Å². The topological polar surface area (TPSA) is 128 Å². The Hall–Kier alpha value is -3.54. The molecule has 0 atom stereocenters. The highest BCUT2D eigenvalue weighted by molar-refractivity contribution is 6.24. The third kappa shape index (κ3) is 2.95. The van der Waals surface area contributed by atoms with Crippen molar-refractivity contribution >= 4 is 23.1 Å². The molecule has 9 nitrogen and oxygen atoms in total. The molecule has 27 heavy (non-hydrogen) atoms. The third-order valence-electron chi connectivity index (χ3n) is 4.96. The quantitative estimate of drug-likeness (QED) is 0.629. The highest BCUT2D eigenvalue weighted by Gasteiger charge is 2.41. The van der Waals surface area contributed by atoms with E-state index < -0.39 is 0 Å². The van der Waals surface area contributed by atoms with Gasteiger partial charge in [0.1, 0.15) is 11.6 Å². The number of carbonyl (C=O) groups is 2. The molecule has 1 saturated carbocycles. The molecule has 1 aliphatic carbocycles. The number of tetrazole rings is 1. The number of rotatable bonds is 4. The maximum atomic E-state index is 13.0. The fourth-order valence-electron chi connectivity index (χ4n) is 3.67. The number of hydrogen-bond acceptors (Lipinski definition) is 7. The Labute approximate surface area is 155 Å². The van der Waals surface area contributed by atoms with E-state index in [-0.39, 0.29) is 29.3 Å². The molecular formula is C18H17N7O2. The molecule has 0 radical (unpaired) electrons. The number of aromatic amines is 1. The molecule has 2 heterocycles. The molecule has 2 N–H and O–H groups in total. The number of nitrogens with one attached hydrogen (secondary N) is 2. The van der Waals surface area contributed by atoms with Crippen molar-refractivity contribution < 1.29 is 9.59 Å². The lowest BCUT2D eigenvalue weighted by molar-refractivity contribution is 0.0549. The van der Waals surface area contributed by atoms with E-state index >= 15 is 0 Å². The Morgan fingerprint density at radius 3 is 2.78 bits per heavy atom. The van der Waals surface area contributed by atoms with E-state index in [1.54, 1.807) is 18.2 Å². The summed E-state index contributed by atoms with van der Waals surface area (Å²) < 4.78 is 0. The van der Waals surface area contributed by atoms with Crippen LogP contribution in [0.1, 0.15) is 58.6 Å². The molecule has 1 aliphatic heterocycles. The number of fused-ring (bicyclic) bond motifs is 1. The Bertz CT molecular complexity index is 953. The lowest BCUT2D eigenvalue weighted by Gasteiger charge is -2.29. The maximum absolute atomic E-state index is 13.0. The number of imide groups is 1. The van der Waals surface area contributed by atoms with Crippen molar-refractivity contribution in [2.75, 3.05) is 5.32 Å². The summed E-state index contributed by atoms with van der Waals surface area (Å²) in [5.41, 5.74) is 1.36. The van der Waals surface area contributed by atoms with Gasteiger partial charge in [-0.25, -0.2) is 0 Å². The Morgan fingerprint density at radius 1 is 1.26 bits per heavy atom. The highest BCUT2D eigenvalue weighted by atomic mass is 16.2. The first-order valence-corrected chi connectivity index (χ1v) is 8.82. The van der Waals surface area contributed by atoms with Gasteiger partial charge in [0.05, 0.1) is 16.8 Å². The van der Waals surface area contributed by atoms with Crippen LogP contribution in [-0.4, -0.2) is 43.4 Å². The number of allylic oxidation sites excluding steroid dienone is 1. The van der Waals surface area contributed by atoms with Crippen molar-refractivity contribution in [3.05, 3.63) is 41.4 Å². The van der Waals surface area contributed by atoms with Crippen LogP contribution in [-0.2, 0) is 0 Å². The van der Waals surface area contributed by atoms with Crippen molar-refractivity contribution in [1.29, 1.82) is 5.26 Å². The van der Waals surface area contributed by atoms with Crippen molar-refractivity contribution in [3.63, 3.8) is 0 Å². The summed E-state index contributed by atoms with van der Waals surface area (Å²) in [5.74, 6) is -0.381. The predicted octanol–water partition coefficient (Wildman–Crippen LogP) is 2.10. The van der Waals surface area contributed by atoms with Crippen LogP contribution in [0.4, 0.5) is 5.69 Å². The number of nitrogens with zero attached hydrogens (tertiary/aromatic N) is 5. The van der Waals surface area contributed by atoms with Gasteiger partial charge in [0, 0.05) is 12.2 Å². The normalized spacial score (nSPS) is 17.7. The Kier molecular flexibility index (Phi) is 4.38. The van der Waals surface area contributed by atoms with Gasteiger partial charge in [0.2, 0.25) is 5.82 Å². The van der Waals surface area contributed by atoms with E-state index in [1.165, 1.54) is 11.1 Å². The fraction of sp³-hybridized carbons (Fsp3) is 0.333. The summed E-state index contributed by atoms with van der Waals surface area (Å²) >= 11 is 0. The van der Waals surface area contributed by atoms with Gasteiger partial charge in [0.15, 0.2) is 0 Å². The van der Waals surface area contributed by atoms with Crippen LogP contribution in [0.3, 0.4) is 0 Å². The molecule has 1 aromatic heterocycles. The molecule has 0 saturated heterocycles. The number of hydrogen-bond donors (Lipinski definition) is 2. The van der Waals surface area contributed by atoms with E-state index in [0.29, 0.717) is 16.8 Å². The minimum absolute atomic E-state index is 0.0384. The van der Waals surface area contributed by atoms with Crippen molar-refractivity contribution in [3.8, 4) is 6.07 Å². The average Bonchev–Trinajstić information content (AvgIpc) is 3.31. The zero-order chi connectivity index (χ0) is 18.8. The van der Waals surface area contributed by atoms with Crippen LogP contribution in [0.2, 0.25) is 0 Å². The van der Waals surface area contributed by atoms with E-state index in [4.69, 9.17) is 0 Å². The lowest BCUT2D eigenvalue weighted by Crippen LogP contribution is -2.40. The number of H-pyrrole nitrogens is 1. The van der Waals surface area contributed by atoms with Crippen molar-refractivity contribution in [1.82, 2.24) is 25.5 Å². The first kappa shape index (κ1) is 16.9. The fourth-order valence-corrected chi connectivity index (χ4v) is 3.67. The number of nitriles is 1. The molecule has 0 spiro atoms. The van der Waals surface area contributed by atoms with Crippen LogP contribution >= 0.6 is 0 Å². The molecule has 2 aromatic rings. The second-order valence-corrected chi connectivity index (χ2v) is 6.55. The summed E-state index contributed by atoms with van der Waals surface area (Å²) in [6, 6.07) is 7.02. The van der Waals surface area contributed by atoms with E-state index in [2.05, 4.69) is 25.9 Å². The molecule has 9 heteroatoms. The Morgan fingerprint density at radius 2 is 2.07 bits per heavy atom. The lowest BCUT2D eigenvalue weighted by atomic mass is 9.94. The van der Waals surface area contributed by atoms with Crippen LogP contribution in [0.5, 0.6) is 0 Å². The zero-order valence-corrected chi connectivity index (χ0v) is 14.5. The van der Waals surface area contributed by atoms with Crippen LogP contribution in [0.15, 0.2) is 24.4 Å². The highest BCUT2D eigenvalue weighted by Crippen LogP contribution is 2.34. The van der Waals surface area contributed by atoms with E-state index in [1.807, 2.05) is 6.07 Å². The van der Waals surface area contributed by atoms with Crippen LogP contribution < -0.4 is 5.32 Å². The van der Waals surface area contributed by atoms with Crippen LogP contribution in [0.25, 0.3) is 5.57 Å². The third-order valence-corrected chi connectivity index (χ3v) is 4.96. The van der Waals surface area contributed by atoms with Gasteiger partial charge in [-0.3, -0.25) is 14.5 Å². The number of carbonyl (C=O) groups excluding carboxylic acids is 2. The predicted molar refractivity (Wildman–Crippen MR) is 95.2 cm³/mol. The zero-order valence-electron chi connectivity index (χ0n) is 14.5. The standard InChI is InChI=1S/C18H17N7O2/c19-9-11(16-21-23-24-22-16)10-20-14-8-4-7-13-15(14)18(27)25(17(13)26)12-5-2-1-3-6-12/h4,7-8,10,12,20H,1-3,5-6H2,(H,21,22,23,24). The Balaban J connectivity index is 1.64. The first-order chi connectivity index (χ1) is 13.2. The number of aromatic nitrogens is 4.